The van der Waals surface area contributed by atoms with Crippen LogP contribution in [-0.2, 0) is 22.4 Å². The second kappa shape index (κ2) is 9.98. The van der Waals surface area contributed by atoms with Crippen LogP contribution in [0.5, 0.6) is 11.5 Å². The predicted octanol–water partition coefficient (Wildman–Crippen LogP) is 4.83. The summed E-state index contributed by atoms with van der Waals surface area (Å²) >= 11 is 4.58. The van der Waals surface area contributed by atoms with E-state index < -0.39 is 11.9 Å². The summed E-state index contributed by atoms with van der Waals surface area (Å²) in [7, 11) is 1.41. The molecule has 0 radical (unpaired) electrons. The average molecular weight is 505 g/mol. The fourth-order valence-electron chi connectivity index (χ4n) is 3.39. The summed E-state index contributed by atoms with van der Waals surface area (Å²) < 4.78 is 10.7. The highest BCUT2D eigenvalue weighted by atomic mass is 79.9. The molecule has 0 spiro atoms. The molecule has 2 N–H and O–H groups in total. The molecule has 0 unspecified atom stereocenters. The molecule has 0 bridgehead atoms. The van der Waals surface area contributed by atoms with Gasteiger partial charge >= 0.3 is 5.97 Å². The standard InChI is InChI=1S/C22H21BrN2O5S/c1-3-30-22(28)18-14-6-4-5-7-17(14)31-21(18)25-20(27)13(11-24)8-12-9-15(23)19(26)16(10-12)29-2/h8-10,26H,3-7H2,1-2H3,(H,25,27)/b13-8+. The first-order valence-electron chi connectivity index (χ1n) is 9.70. The number of phenols is 1. The number of phenolic OH excluding ortho intramolecular Hbond substituents is 1. The predicted molar refractivity (Wildman–Crippen MR) is 121 cm³/mol. The Morgan fingerprint density at radius 3 is 2.77 bits per heavy atom. The third kappa shape index (κ3) is 4.92. The lowest BCUT2D eigenvalue weighted by atomic mass is 9.95. The summed E-state index contributed by atoms with van der Waals surface area (Å²) in [6, 6.07) is 4.97. The Morgan fingerprint density at radius 2 is 2.10 bits per heavy atom. The number of hydrogen-bond donors (Lipinski definition) is 2. The van der Waals surface area contributed by atoms with Crippen molar-refractivity contribution in [3.05, 3.63) is 43.7 Å². The maximum absolute atomic E-state index is 12.9. The van der Waals surface area contributed by atoms with Gasteiger partial charge in [0.25, 0.3) is 5.91 Å². The molecule has 1 aliphatic rings. The molecule has 1 heterocycles. The highest BCUT2D eigenvalue weighted by Crippen LogP contribution is 2.39. The number of aromatic hydroxyl groups is 1. The first kappa shape index (κ1) is 22.8. The lowest BCUT2D eigenvalue weighted by molar-refractivity contribution is -0.112. The highest BCUT2D eigenvalue weighted by molar-refractivity contribution is 9.10. The van der Waals surface area contributed by atoms with Crippen LogP contribution in [0.1, 0.15) is 46.1 Å². The summed E-state index contributed by atoms with van der Waals surface area (Å²) in [5.41, 5.74) is 1.66. The molecule has 1 amide bonds. The number of thiophene rings is 1. The molecular formula is C22H21BrN2O5S. The van der Waals surface area contributed by atoms with Gasteiger partial charge in [-0.1, -0.05) is 0 Å². The minimum Gasteiger partial charge on any atom is -0.503 e. The molecule has 162 valence electrons. The third-order valence-corrected chi connectivity index (χ3v) is 6.64. The number of rotatable bonds is 6. The zero-order valence-corrected chi connectivity index (χ0v) is 19.5. The van der Waals surface area contributed by atoms with Crippen molar-refractivity contribution in [3.8, 4) is 17.6 Å². The average Bonchev–Trinajstić information content (AvgIpc) is 3.12. The molecule has 0 saturated carbocycles. The van der Waals surface area contributed by atoms with E-state index >= 15 is 0 Å². The van der Waals surface area contributed by atoms with Gasteiger partial charge in [-0.3, -0.25) is 4.79 Å². The fourth-order valence-corrected chi connectivity index (χ4v) is 5.12. The minimum atomic E-state index is -0.630. The number of esters is 1. The quantitative estimate of drug-likeness (QED) is 0.331. The van der Waals surface area contributed by atoms with Crippen LogP contribution in [0.2, 0.25) is 0 Å². The van der Waals surface area contributed by atoms with Gasteiger partial charge in [-0.15, -0.1) is 11.3 Å². The van der Waals surface area contributed by atoms with Gasteiger partial charge in [-0.2, -0.15) is 5.26 Å². The number of ether oxygens (including phenoxy) is 2. The zero-order chi connectivity index (χ0) is 22.5. The zero-order valence-electron chi connectivity index (χ0n) is 17.1. The van der Waals surface area contributed by atoms with E-state index in [0.717, 1.165) is 36.1 Å². The number of methoxy groups -OCH3 is 1. The van der Waals surface area contributed by atoms with E-state index in [1.54, 1.807) is 13.0 Å². The third-order valence-electron chi connectivity index (χ3n) is 4.82. The molecule has 1 aliphatic carbocycles. The Bertz CT molecular complexity index is 1100. The molecule has 7 nitrogen and oxygen atoms in total. The molecule has 31 heavy (non-hydrogen) atoms. The van der Waals surface area contributed by atoms with Crippen LogP contribution in [0.25, 0.3) is 6.08 Å². The molecule has 1 aromatic heterocycles. The van der Waals surface area contributed by atoms with Crippen LogP contribution >= 0.6 is 27.3 Å². The lowest BCUT2D eigenvalue weighted by Crippen LogP contribution is -2.16. The second-order valence-corrected chi connectivity index (χ2v) is 8.77. The Hall–Kier alpha value is -2.83. The first-order valence-corrected chi connectivity index (χ1v) is 11.3. The van der Waals surface area contributed by atoms with Crippen LogP contribution in [0.15, 0.2) is 22.2 Å². The summed E-state index contributed by atoms with van der Waals surface area (Å²) in [5, 5.41) is 22.6. The number of anilines is 1. The van der Waals surface area contributed by atoms with Gasteiger partial charge in [0.2, 0.25) is 0 Å². The Labute approximate surface area is 192 Å². The van der Waals surface area contributed by atoms with E-state index in [1.807, 2.05) is 6.07 Å². The lowest BCUT2D eigenvalue weighted by Gasteiger charge is -2.12. The van der Waals surface area contributed by atoms with Crippen molar-refractivity contribution in [1.29, 1.82) is 5.26 Å². The van der Waals surface area contributed by atoms with E-state index in [9.17, 15) is 20.0 Å². The van der Waals surface area contributed by atoms with Gasteiger partial charge in [0.15, 0.2) is 11.5 Å². The summed E-state index contributed by atoms with van der Waals surface area (Å²) in [4.78, 5) is 26.5. The minimum absolute atomic E-state index is 0.0779. The van der Waals surface area contributed by atoms with Gasteiger partial charge in [0.1, 0.15) is 16.6 Å². The number of halogens is 1. The number of benzene rings is 1. The number of carbonyl (C=O) groups is 2. The van der Waals surface area contributed by atoms with E-state index in [0.29, 0.717) is 20.6 Å². The van der Waals surface area contributed by atoms with Gasteiger partial charge in [-0.25, -0.2) is 4.79 Å². The Kier molecular flexibility index (Phi) is 7.36. The second-order valence-electron chi connectivity index (χ2n) is 6.81. The molecule has 0 fully saturated rings. The molecule has 3 rings (SSSR count). The van der Waals surface area contributed by atoms with Crippen molar-refractivity contribution in [2.75, 3.05) is 19.0 Å². The molecule has 0 saturated heterocycles. The normalized spacial score (nSPS) is 13.2. The number of fused-ring (bicyclic) bond motifs is 1. The van der Waals surface area contributed by atoms with Gasteiger partial charge < -0.3 is 19.9 Å². The Morgan fingerprint density at radius 1 is 1.35 bits per heavy atom. The molecule has 0 aliphatic heterocycles. The van der Waals surface area contributed by atoms with E-state index in [4.69, 9.17) is 9.47 Å². The van der Waals surface area contributed by atoms with Gasteiger partial charge in [0, 0.05) is 4.88 Å². The van der Waals surface area contributed by atoms with Crippen LogP contribution in [0, 0.1) is 11.3 Å². The molecule has 1 aromatic carbocycles. The van der Waals surface area contributed by atoms with Crippen molar-refractivity contribution in [2.45, 2.75) is 32.6 Å². The number of aryl methyl sites for hydroxylation is 1. The number of amides is 1. The smallest absolute Gasteiger partial charge is 0.341 e. The SMILES string of the molecule is CCOC(=O)c1c(NC(=O)/C(C#N)=C/c2cc(Br)c(O)c(OC)c2)sc2c1CCCC2. The molecule has 0 atom stereocenters. The largest absolute Gasteiger partial charge is 0.503 e. The van der Waals surface area contributed by atoms with Gasteiger partial charge in [0.05, 0.1) is 23.8 Å². The van der Waals surface area contributed by atoms with Crippen LogP contribution in [0.4, 0.5) is 5.00 Å². The van der Waals surface area contributed by atoms with Crippen molar-refractivity contribution in [3.63, 3.8) is 0 Å². The Balaban J connectivity index is 1.94. The number of carbonyl (C=O) groups excluding carboxylic acids is 2. The van der Waals surface area contributed by atoms with E-state index in [-0.39, 0.29) is 23.7 Å². The highest BCUT2D eigenvalue weighted by Gasteiger charge is 2.27. The number of nitrogens with zero attached hydrogens (tertiary/aromatic N) is 1. The first-order chi connectivity index (χ1) is 14.9. The molecular weight excluding hydrogens is 484 g/mol. The van der Waals surface area contributed by atoms with Crippen molar-refractivity contribution in [2.24, 2.45) is 0 Å². The van der Waals surface area contributed by atoms with Crippen molar-refractivity contribution >= 4 is 50.2 Å². The topological polar surface area (TPSA) is 109 Å². The van der Waals surface area contributed by atoms with E-state index in [2.05, 4.69) is 21.2 Å². The number of nitriles is 1. The fraction of sp³-hybridized carbons (Fsp3) is 0.318. The van der Waals surface area contributed by atoms with Crippen LogP contribution < -0.4 is 10.1 Å². The maximum Gasteiger partial charge on any atom is 0.341 e. The molecule has 9 heteroatoms. The van der Waals surface area contributed by atoms with Crippen molar-refractivity contribution < 1.29 is 24.2 Å². The number of hydrogen-bond acceptors (Lipinski definition) is 7. The summed E-state index contributed by atoms with van der Waals surface area (Å²) in [6.07, 6.45) is 5.01. The summed E-state index contributed by atoms with van der Waals surface area (Å²) in [5.74, 6) is -0.971. The monoisotopic (exact) mass is 504 g/mol. The van der Waals surface area contributed by atoms with Crippen LogP contribution in [0.3, 0.4) is 0 Å². The molecule has 2 aromatic rings. The summed E-state index contributed by atoms with van der Waals surface area (Å²) in [6.45, 7) is 1.97. The van der Waals surface area contributed by atoms with Crippen molar-refractivity contribution in [1.82, 2.24) is 0 Å². The number of nitrogens with one attached hydrogen (secondary N) is 1. The van der Waals surface area contributed by atoms with Gasteiger partial charge in [-0.05, 0) is 77.9 Å². The van der Waals surface area contributed by atoms with E-state index in [1.165, 1.54) is 30.6 Å². The maximum atomic E-state index is 12.9. The van der Waals surface area contributed by atoms with Crippen LogP contribution in [-0.4, -0.2) is 30.7 Å².